The summed E-state index contributed by atoms with van der Waals surface area (Å²) in [6.07, 6.45) is 3.25. The van der Waals surface area contributed by atoms with E-state index in [2.05, 4.69) is 32.4 Å². The van der Waals surface area contributed by atoms with E-state index >= 15 is 0 Å². The summed E-state index contributed by atoms with van der Waals surface area (Å²) in [7, 11) is 2.05. The van der Waals surface area contributed by atoms with Crippen LogP contribution in [0.15, 0.2) is 65.7 Å². The monoisotopic (exact) mass is 453 g/mol. The van der Waals surface area contributed by atoms with Gasteiger partial charge in [0.05, 0.1) is 35.2 Å². The number of benzene rings is 2. The SMILES string of the molecule is Cc1ccccc1-n1c(=O)c2c[nH]nc2c2cnc(NC[C@H]3CN(C)c4ccccc4O3)nc21. The van der Waals surface area contributed by atoms with Crippen LogP contribution in [0, 0.1) is 6.92 Å². The molecular weight excluding hydrogens is 430 g/mol. The van der Waals surface area contributed by atoms with Crippen LogP contribution >= 0.6 is 0 Å². The smallest absolute Gasteiger partial charge is 0.267 e. The third-order valence-electron chi connectivity index (χ3n) is 6.20. The zero-order valence-corrected chi connectivity index (χ0v) is 18.8. The van der Waals surface area contributed by atoms with Gasteiger partial charge in [-0.2, -0.15) is 10.1 Å². The van der Waals surface area contributed by atoms with Crippen LogP contribution < -0.4 is 20.5 Å². The van der Waals surface area contributed by atoms with E-state index in [-0.39, 0.29) is 11.7 Å². The number of pyridine rings is 1. The number of fused-ring (bicyclic) bond motifs is 4. The molecule has 0 saturated heterocycles. The number of aromatic amines is 1. The number of nitrogens with zero attached hydrogens (tertiary/aromatic N) is 5. The molecule has 0 saturated carbocycles. The maximum absolute atomic E-state index is 13.4. The lowest BCUT2D eigenvalue weighted by molar-refractivity contribution is 0.208. The zero-order chi connectivity index (χ0) is 23.2. The minimum absolute atomic E-state index is 0.0772. The second-order valence-corrected chi connectivity index (χ2v) is 8.47. The number of anilines is 2. The third kappa shape index (κ3) is 3.24. The van der Waals surface area contributed by atoms with Crippen LogP contribution in [0.3, 0.4) is 0 Å². The first kappa shape index (κ1) is 20.2. The van der Waals surface area contributed by atoms with Gasteiger partial charge < -0.3 is 15.0 Å². The van der Waals surface area contributed by atoms with Gasteiger partial charge in [-0.1, -0.05) is 30.3 Å². The Balaban J connectivity index is 1.39. The fourth-order valence-corrected chi connectivity index (χ4v) is 4.51. The number of aromatic nitrogens is 5. The van der Waals surface area contributed by atoms with Gasteiger partial charge in [-0.25, -0.2) is 4.98 Å². The maximum Gasteiger partial charge on any atom is 0.267 e. The van der Waals surface area contributed by atoms with Crippen molar-refractivity contribution in [3.63, 3.8) is 0 Å². The van der Waals surface area contributed by atoms with Crippen molar-refractivity contribution in [2.24, 2.45) is 0 Å². The molecule has 0 radical (unpaired) electrons. The van der Waals surface area contributed by atoms with Crippen molar-refractivity contribution >= 4 is 33.6 Å². The van der Waals surface area contributed by atoms with E-state index in [0.717, 1.165) is 29.2 Å². The summed E-state index contributed by atoms with van der Waals surface area (Å²) in [5.74, 6) is 1.28. The van der Waals surface area contributed by atoms with Gasteiger partial charge >= 0.3 is 0 Å². The Labute approximate surface area is 195 Å². The second-order valence-electron chi connectivity index (χ2n) is 8.47. The molecule has 0 fully saturated rings. The number of likely N-dealkylation sites (N-methyl/N-ethyl adjacent to an activating group) is 1. The van der Waals surface area contributed by atoms with E-state index < -0.39 is 0 Å². The van der Waals surface area contributed by atoms with Crippen LogP contribution in [-0.4, -0.2) is 51.0 Å². The predicted molar refractivity (Wildman–Crippen MR) is 132 cm³/mol. The van der Waals surface area contributed by atoms with Crippen molar-refractivity contribution in [1.29, 1.82) is 0 Å². The number of hydrogen-bond donors (Lipinski definition) is 2. The minimum Gasteiger partial charge on any atom is -0.485 e. The van der Waals surface area contributed by atoms with E-state index in [0.29, 0.717) is 34.4 Å². The molecule has 9 nitrogen and oxygen atoms in total. The highest BCUT2D eigenvalue weighted by molar-refractivity contribution is 6.02. The zero-order valence-electron chi connectivity index (χ0n) is 18.8. The lowest BCUT2D eigenvalue weighted by Crippen LogP contribution is -2.41. The number of H-pyrrole nitrogens is 1. The lowest BCUT2D eigenvalue weighted by Gasteiger charge is -2.33. The van der Waals surface area contributed by atoms with Gasteiger partial charge in [0.2, 0.25) is 5.95 Å². The van der Waals surface area contributed by atoms with Gasteiger partial charge in [0.15, 0.2) is 5.65 Å². The van der Waals surface area contributed by atoms with E-state index in [9.17, 15) is 4.79 Å². The molecular formula is C25H23N7O2. The third-order valence-corrected chi connectivity index (χ3v) is 6.20. The highest BCUT2D eigenvalue weighted by atomic mass is 16.5. The van der Waals surface area contributed by atoms with Crippen molar-refractivity contribution in [3.8, 4) is 11.4 Å². The fourth-order valence-electron chi connectivity index (χ4n) is 4.51. The standard InChI is InChI=1S/C25H23N7O2/c1-15-7-3-4-8-19(15)32-23-17(22-18(24(32)33)13-28-30-22)12-27-25(29-23)26-11-16-14-31(2)20-9-5-6-10-21(20)34-16/h3-10,12-13,16H,11,14H2,1-2H3,(H,28,30)(H,26,27,29)/t16-/m0/s1. The number of aryl methyl sites for hydroxylation is 1. The van der Waals surface area contributed by atoms with Gasteiger partial charge in [-0.05, 0) is 30.7 Å². The van der Waals surface area contributed by atoms with Gasteiger partial charge in [-0.3, -0.25) is 14.5 Å². The molecule has 0 spiro atoms. The summed E-state index contributed by atoms with van der Waals surface area (Å²) in [4.78, 5) is 24.9. The first-order chi connectivity index (χ1) is 16.6. The number of hydrogen-bond acceptors (Lipinski definition) is 7. The molecule has 2 N–H and O–H groups in total. The van der Waals surface area contributed by atoms with Crippen LogP contribution in [0.4, 0.5) is 11.6 Å². The fraction of sp³-hybridized carbons (Fsp3) is 0.200. The molecule has 3 aromatic heterocycles. The van der Waals surface area contributed by atoms with E-state index in [1.165, 1.54) is 0 Å². The summed E-state index contributed by atoms with van der Waals surface area (Å²) < 4.78 is 7.79. The van der Waals surface area contributed by atoms with E-state index in [1.807, 2.05) is 55.5 Å². The molecule has 0 bridgehead atoms. The highest BCUT2D eigenvalue weighted by Crippen LogP contribution is 2.32. The lowest BCUT2D eigenvalue weighted by atomic mass is 10.1. The Hall–Kier alpha value is -4.40. The molecule has 0 aliphatic carbocycles. The number of rotatable bonds is 4. The molecule has 5 aromatic rings. The van der Waals surface area contributed by atoms with Crippen molar-refractivity contribution < 1.29 is 4.74 Å². The number of nitrogens with one attached hydrogen (secondary N) is 2. The topological polar surface area (TPSA) is 101 Å². The Morgan fingerprint density at radius 2 is 1.91 bits per heavy atom. The summed E-state index contributed by atoms with van der Waals surface area (Å²) in [5.41, 5.74) is 3.71. The molecule has 0 amide bonds. The molecule has 1 aliphatic heterocycles. The van der Waals surface area contributed by atoms with E-state index in [4.69, 9.17) is 9.72 Å². The Morgan fingerprint density at radius 3 is 2.76 bits per heavy atom. The Bertz CT molecular complexity index is 1590. The van der Waals surface area contributed by atoms with Crippen LogP contribution in [0.25, 0.3) is 27.6 Å². The average molecular weight is 454 g/mol. The van der Waals surface area contributed by atoms with Gasteiger partial charge in [0, 0.05) is 19.4 Å². The number of para-hydroxylation sites is 3. The largest absolute Gasteiger partial charge is 0.485 e. The summed E-state index contributed by atoms with van der Waals surface area (Å²) in [6.45, 7) is 3.23. The molecule has 4 heterocycles. The van der Waals surface area contributed by atoms with Crippen molar-refractivity contribution in [1.82, 2.24) is 24.7 Å². The highest BCUT2D eigenvalue weighted by Gasteiger charge is 2.23. The van der Waals surface area contributed by atoms with Gasteiger partial charge in [0.1, 0.15) is 17.4 Å². The minimum atomic E-state index is -0.177. The molecule has 1 aliphatic rings. The van der Waals surface area contributed by atoms with Crippen LogP contribution in [-0.2, 0) is 0 Å². The summed E-state index contributed by atoms with van der Waals surface area (Å²) in [5, 5.41) is 11.6. The molecule has 170 valence electrons. The Morgan fingerprint density at radius 1 is 1.12 bits per heavy atom. The molecule has 34 heavy (non-hydrogen) atoms. The normalized spacial score (nSPS) is 15.4. The predicted octanol–water partition coefficient (Wildman–Crippen LogP) is 3.27. The van der Waals surface area contributed by atoms with Gasteiger partial charge in [-0.15, -0.1) is 0 Å². The molecule has 0 unspecified atom stereocenters. The first-order valence-corrected chi connectivity index (χ1v) is 11.1. The Kier molecular flexibility index (Phi) is 4.68. The van der Waals surface area contributed by atoms with Crippen molar-refractivity contribution in [2.45, 2.75) is 13.0 Å². The van der Waals surface area contributed by atoms with Crippen LogP contribution in [0.1, 0.15) is 5.56 Å². The number of ether oxygens (including phenoxy) is 1. The maximum atomic E-state index is 13.4. The molecule has 2 aromatic carbocycles. The quantitative estimate of drug-likeness (QED) is 0.431. The summed E-state index contributed by atoms with van der Waals surface area (Å²) >= 11 is 0. The van der Waals surface area contributed by atoms with Crippen molar-refractivity contribution in [3.05, 3.63) is 76.8 Å². The molecule has 1 atom stereocenters. The van der Waals surface area contributed by atoms with E-state index in [1.54, 1.807) is 17.0 Å². The molecule has 6 rings (SSSR count). The first-order valence-electron chi connectivity index (χ1n) is 11.1. The average Bonchev–Trinajstić information content (AvgIpc) is 3.35. The van der Waals surface area contributed by atoms with Crippen LogP contribution in [0.2, 0.25) is 0 Å². The second kappa shape index (κ2) is 7.87. The molecule has 9 heteroatoms. The van der Waals surface area contributed by atoms with Crippen LogP contribution in [0.5, 0.6) is 5.75 Å². The summed E-state index contributed by atoms with van der Waals surface area (Å²) in [6, 6.07) is 15.7. The van der Waals surface area contributed by atoms with Crippen molar-refractivity contribution in [2.75, 3.05) is 30.4 Å². The van der Waals surface area contributed by atoms with Gasteiger partial charge in [0.25, 0.3) is 5.56 Å².